The molecule has 2 heterocycles. The molecule has 0 atom stereocenters. The maximum absolute atomic E-state index is 6.71. The predicted octanol–water partition coefficient (Wildman–Crippen LogP) is 14.4. The molecule has 9 aromatic rings. The molecule has 0 bridgehead atoms. The van der Waals surface area contributed by atoms with Crippen LogP contribution in [0.3, 0.4) is 0 Å². The Kier molecular flexibility index (Phi) is 7.60. The SMILES string of the molecule is CC(C)(C)c1ccc2c(c1)c1cc(C(C)(C)C)ccc1n2-c1cccc(Nc2c(-c3ccccc3)cc(-c3ccccc3)c3oc4ccccc4c23)c1. The van der Waals surface area contributed by atoms with Crippen LogP contribution >= 0.6 is 0 Å². The summed E-state index contributed by atoms with van der Waals surface area (Å²) in [6.45, 7) is 13.7. The highest BCUT2D eigenvalue weighted by atomic mass is 16.3. The van der Waals surface area contributed by atoms with Gasteiger partial charge in [-0.1, -0.05) is 139 Å². The first kappa shape index (κ1) is 32.8. The highest BCUT2D eigenvalue weighted by Crippen LogP contribution is 2.47. The highest BCUT2D eigenvalue weighted by Gasteiger charge is 2.23. The number of fused-ring (bicyclic) bond motifs is 6. The number of nitrogens with zero attached hydrogens (tertiary/aromatic N) is 1. The Morgan fingerprint density at radius 1 is 0.491 bits per heavy atom. The van der Waals surface area contributed by atoms with Gasteiger partial charge in [0.25, 0.3) is 0 Å². The lowest BCUT2D eigenvalue weighted by molar-refractivity contribution is 0.590. The van der Waals surface area contributed by atoms with Gasteiger partial charge in [0.15, 0.2) is 0 Å². The normalized spacial score (nSPS) is 12.3. The quantitative estimate of drug-likeness (QED) is 0.195. The number of furan rings is 1. The molecule has 0 unspecified atom stereocenters. The molecule has 260 valence electrons. The van der Waals surface area contributed by atoms with E-state index in [1.165, 1.54) is 32.9 Å². The van der Waals surface area contributed by atoms with Gasteiger partial charge in [-0.25, -0.2) is 0 Å². The molecule has 7 aromatic carbocycles. The summed E-state index contributed by atoms with van der Waals surface area (Å²) in [5, 5.41) is 8.68. The predicted molar refractivity (Wildman–Crippen MR) is 226 cm³/mol. The number of para-hydroxylation sites is 1. The molecule has 0 saturated heterocycles. The topological polar surface area (TPSA) is 30.1 Å². The summed E-state index contributed by atoms with van der Waals surface area (Å²) in [6, 6.07) is 54.7. The van der Waals surface area contributed by atoms with Gasteiger partial charge in [-0.3, -0.25) is 0 Å². The third kappa shape index (κ3) is 5.68. The van der Waals surface area contributed by atoms with Gasteiger partial charge in [0, 0.05) is 38.7 Å². The Hall–Kier alpha value is -6.06. The van der Waals surface area contributed by atoms with Crippen molar-refractivity contribution in [1.82, 2.24) is 4.57 Å². The van der Waals surface area contributed by atoms with Crippen molar-refractivity contribution in [1.29, 1.82) is 0 Å². The molecular formula is C50H44N2O. The van der Waals surface area contributed by atoms with Crippen molar-refractivity contribution in [3.63, 3.8) is 0 Å². The van der Waals surface area contributed by atoms with E-state index in [-0.39, 0.29) is 10.8 Å². The Morgan fingerprint density at radius 2 is 1.06 bits per heavy atom. The van der Waals surface area contributed by atoms with Gasteiger partial charge in [-0.2, -0.15) is 0 Å². The van der Waals surface area contributed by atoms with Gasteiger partial charge in [0.2, 0.25) is 0 Å². The first-order chi connectivity index (χ1) is 25.5. The number of anilines is 2. The van der Waals surface area contributed by atoms with Gasteiger partial charge in [-0.05, 0) is 87.7 Å². The molecule has 3 heteroatoms. The molecule has 2 aromatic heterocycles. The minimum Gasteiger partial charge on any atom is -0.455 e. The number of benzene rings is 7. The van der Waals surface area contributed by atoms with Crippen molar-refractivity contribution >= 4 is 55.1 Å². The summed E-state index contributed by atoms with van der Waals surface area (Å²) < 4.78 is 9.13. The number of aromatic nitrogens is 1. The van der Waals surface area contributed by atoms with Crippen LogP contribution in [0, 0.1) is 0 Å². The molecule has 0 aliphatic carbocycles. The summed E-state index contributed by atoms with van der Waals surface area (Å²) in [7, 11) is 0. The van der Waals surface area contributed by atoms with E-state index < -0.39 is 0 Å². The number of hydrogen-bond acceptors (Lipinski definition) is 2. The van der Waals surface area contributed by atoms with Crippen molar-refractivity contribution in [2.75, 3.05) is 5.32 Å². The standard InChI is InChI=1S/C50H44N2O/c1-49(2,3)34-24-26-43-41(28-34)42-29-35(50(4,5)6)25-27-44(42)52(43)37-21-15-20-36(30-37)51-47-39(32-16-9-7-10-17-32)31-40(33-18-11-8-12-19-33)48-46(47)38-22-13-14-23-45(38)53-48/h7-31,51H,1-6H3. The van der Waals surface area contributed by atoms with Crippen LogP contribution in [0.25, 0.3) is 71.7 Å². The fourth-order valence-corrected chi connectivity index (χ4v) is 7.81. The zero-order chi connectivity index (χ0) is 36.5. The minimum atomic E-state index is 0.0448. The number of rotatable bonds is 5. The van der Waals surface area contributed by atoms with Gasteiger partial charge in [-0.15, -0.1) is 0 Å². The molecule has 0 amide bonds. The summed E-state index contributed by atoms with van der Waals surface area (Å²) >= 11 is 0. The zero-order valence-corrected chi connectivity index (χ0v) is 31.3. The third-order valence-electron chi connectivity index (χ3n) is 10.7. The van der Waals surface area contributed by atoms with Crippen LogP contribution in [0.5, 0.6) is 0 Å². The van der Waals surface area contributed by atoms with Crippen molar-refractivity contribution in [3.05, 3.63) is 163 Å². The van der Waals surface area contributed by atoms with E-state index in [0.29, 0.717) is 0 Å². The summed E-state index contributed by atoms with van der Waals surface area (Å²) in [6.07, 6.45) is 0. The Balaban J connectivity index is 1.27. The largest absolute Gasteiger partial charge is 0.455 e. The lowest BCUT2D eigenvalue weighted by atomic mass is 9.85. The van der Waals surface area contributed by atoms with Crippen molar-refractivity contribution < 1.29 is 4.42 Å². The van der Waals surface area contributed by atoms with Crippen molar-refractivity contribution in [3.8, 4) is 27.9 Å². The molecule has 1 N–H and O–H groups in total. The number of nitrogens with one attached hydrogen (secondary N) is 1. The maximum atomic E-state index is 6.71. The molecule has 3 nitrogen and oxygen atoms in total. The second-order valence-electron chi connectivity index (χ2n) is 16.4. The van der Waals surface area contributed by atoms with Crippen LogP contribution in [-0.4, -0.2) is 4.57 Å². The molecule has 53 heavy (non-hydrogen) atoms. The van der Waals surface area contributed by atoms with Crippen LogP contribution < -0.4 is 5.32 Å². The Bertz CT molecular complexity index is 2740. The van der Waals surface area contributed by atoms with Gasteiger partial charge < -0.3 is 14.3 Å². The van der Waals surface area contributed by atoms with Crippen molar-refractivity contribution in [2.24, 2.45) is 0 Å². The fraction of sp³-hybridized carbons (Fsp3) is 0.160. The lowest BCUT2D eigenvalue weighted by Gasteiger charge is -2.19. The van der Waals surface area contributed by atoms with Crippen LogP contribution in [0.1, 0.15) is 52.7 Å². The van der Waals surface area contributed by atoms with E-state index in [4.69, 9.17) is 4.42 Å². The summed E-state index contributed by atoms with van der Waals surface area (Å²) in [5.41, 5.74) is 14.5. The molecule has 9 rings (SSSR count). The molecule has 0 saturated carbocycles. The Morgan fingerprint density at radius 3 is 1.66 bits per heavy atom. The van der Waals surface area contributed by atoms with E-state index in [2.05, 4.69) is 197 Å². The average molecular weight is 689 g/mol. The van der Waals surface area contributed by atoms with Crippen LogP contribution in [-0.2, 0) is 10.8 Å². The van der Waals surface area contributed by atoms with E-state index in [1.807, 2.05) is 6.07 Å². The number of hydrogen-bond donors (Lipinski definition) is 1. The average Bonchev–Trinajstić information content (AvgIpc) is 3.71. The lowest BCUT2D eigenvalue weighted by Crippen LogP contribution is -2.10. The van der Waals surface area contributed by atoms with Gasteiger partial charge in [0.1, 0.15) is 11.2 Å². The van der Waals surface area contributed by atoms with Crippen molar-refractivity contribution in [2.45, 2.75) is 52.4 Å². The zero-order valence-electron chi connectivity index (χ0n) is 31.3. The highest BCUT2D eigenvalue weighted by molar-refractivity contribution is 6.19. The van der Waals surface area contributed by atoms with Crippen LogP contribution in [0.15, 0.2) is 156 Å². The molecule has 0 spiro atoms. The van der Waals surface area contributed by atoms with E-state index in [0.717, 1.165) is 61.3 Å². The molecular weight excluding hydrogens is 645 g/mol. The minimum absolute atomic E-state index is 0.0448. The van der Waals surface area contributed by atoms with Crippen LogP contribution in [0.2, 0.25) is 0 Å². The second-order valence-corrected chi connectivity index (χ2v) is 16.4. The molecule has 0 radical (unpaired) electrons. The summed E-state index contributed by atoms with van der Waals surface area (Å²) in [5.74, 6) is 0. The van der Waals surface area contributed by atoms with Gasteiger partial charge in [0.05, 0.1) is 22.1 Å². The van der Waals surface area contributed by atoms with E-state index in [9.17, 15) is 0 Å². The smallest absolute Gasteiger partial charge is 0.145 e. The monoisotopic (exact) mass is 688 g/mol. The molecule has 0 fully saturated rings. The fourth-order valence-electron chi connectivity index (χ4n) is 7.81. The first-order valence-electron chi connectivity index (χ1n) is 18.6. The first-order valence-corrected chi connectivity index (χ1v) is 18.6. The van der Waals surface area contributed by atoms with Gasteiger partial charge >= 0.3 is 0 Å². The third-order valence-corrected chi connectivity index (χ3v) is 10.7. The van der Waals surface area contributed by atoms with E-state index in [1.54, 1.807) is 0 Å². The second kappa shape index (κ2) is 12.3. The van der Waals surface area contributed by atoms with Crippen LogP contribution in [0.4, 0.5) is 11.4 Å². The summed E-state index contributed by atoms with van der Waals surface area (Å²) in [4.78, 5) is 0. The maximum Gasteiger partial charge on any atom is 0.145 e. The molecule has 0 aliphatic rings. The van der Waals surface area contributed by atoms with E-state index >= 15 is 0 Å². The molecule has 0 aliphatic heterocycles. The Labute approximate surface area is 311 Å².